The van der Waals surface area contributed by atoms with E-state index in [-0.39, 0.29) is 30.5 Å². The molecular weight excluding hydrogens is 270 g/mol. The fraction of sp³-hybridized carbons (Fsp3) is 0.467. The second-order valence-corrected chi connectivity index (χ2v) is 5.35. The van der Waals surface area contributed by atoms with Crippen LogP contribution in [0.4, 0.5) is 0 Å². The molecule has 0 spiro atoms. The maximum absolute atomic E-state index is 12.1. The summed E-state index contributed by atoms with van der Waals surface area (Å²) < 4.78 is 0. The van der Waals surface area contributed by atoms with Gasteiger partial charge in [-0.2, -0.15) is 0 Å². The summed E-state index contributed by atoms with van der Waals surface area (Å²) in [4.78, 5) is 43.2. The van der Waals surface area contributed by atoms with E-state index in [1.54, 1.807) is 12.1 Å². The molecular formula is C15H17N3O3. The first-order chi connectivity index (χ1) is 10.2. The van der Waals surface area contributed by atoms with Gasteiger partial charge >= 0.3 is 0 Å². The van der Waals surface area contributed by atoms with Gasteiger partial charge in [0.05, 0.1) is 5.56 Å². The van der Waals surface area contributed by atoms with Crippen LogP contribution in [0.15, 0.2) is 18.3 Å². The Morgan fingerprint density at radius 3 is 2.62 bits per heavy atom. The molecule has 0 radical (unpaired) electrons. The number of nitrogens with zero attached hydrogens (tertiary/aromatic N) is 3. The average molecular weight is 287 g/mol. The van der Waals surface area contributed by atoms with E-state index < -0.39 is 5.91 Å². The molecule has 1 fully saturated rings. The van der Waals surface area contributed by atoms with Crippen molar-refractivity contribution in [3.8, 4) is 0 Å². The van der Waals surface area contributed by atoms with Crippen LogP contribution in [-0.4, -0.2) is 52.1 Å². The van der Waals surface area contributed by atoms with Crippen molar-refractivity contribution in [1.82, 2.24) is 14.8 Å². The fourth-order valence-electron chi connectivity index (χ4n) is 2.83. The molecule has 3 rings (SSSR count). The number of imide groups is 1. The first-order valence-electron chi connectivity index (χ1n) is 7.27. The molecule has 6 heteroatoms. The van der Waals surface area contributed by atoms with Crippen molar-refractivity contribution < 1.29 is 14.4 Å². The van der Waals surface area contributed by atoms with Crippen LogP contribution in [0.1, 0.15) is 46.5 Å². The molecule has 0 aliphatic carbocycles. The SMILES string of the molecule is O=C(CCN1C(=O)c2cccnc2C1=O)N1CCCCC1. The van der Waals surface area contributed by atoms with Crippen molar-refractivity contribution in [3.05, 3.63) is 29.6 Å². The Kier molecular flexibility index (Phi) is 3.68. The van der Waals surface area contributed by atoms with Crippen LogP contribution in [0.25, 0.3) is 0 Å². The zero-order valence-electron chi connectivity index (χ0n) is 11.7. The molecule has 21 heavy (non-hydrogen) atoms. The smallest absolute Gasteiger partial charge is 0.280 e. The van der Waals surface area contributed by atoms with Crippen LogP contribution < -0.4 is 0 Å². The lowest BCUT2D eigenvalue weighted by molar-refractivity contribution is -0.132. The Morgan fingerprint density at radius 1 is 1.14 bits per heavy atom. The molecule has 3 heterocycles. The molecule has 0 saturated carbocycles. The molecule has 3 amide bonds. The van der Waals surface area contributed by atoms with Gasteiger partial charge in [-0.1, -0.05) is 0 Å². The second kappa shape index (κ2) is 5.63. The predicted octanol–water partition coefficient (Wildman–Crippen LogP) is 1.08. The highest BCUT2D eigenvalue weighted by atomic mass is 16.2. The number of likely N-dealkylation sites (tertiary alicyclic amines) is 1. The number of hydrogen-bond donors (Lipinski definition) is 0. The van der Waals surface area contributed by atoms with Crippen molar-refractivity contribution in [1.29, 1.82) is 0 Å². The largest absolute Gasteiger partial charge is 0.343 e. The zero-order valence-corrected chi connectivity index (χ0v) is 11.7. The van der Waals surface area contributed by atoms with Gasteiger partial charge in [0, 0.05) is 32.3 Å². The summed E-state index contributed by atoms with van der Waals surface area (Å²) in [5, 5.41) is 0. The summed E-state index contributed by atoms with van der Waals surface area (Å²) in [7, 11) is 0. The Morgan fingerprint density at radius 2 is 1.90 bits per heavy atom. The number of amides is 3. The van der Waals surface area contributed by atoms with Crippen LogP contribution in [0.2, 0.25) is 0 Å². The number of hydrogen-bond acceptors (Lipinski definition) is 4. The summed E-state index contributed by atoms with van der Waals surface area (Å²) in [6, 6.07) is 3.22. The molecule has 0 unspecified atom stereocenters. The van der Waals surface area contributed by atoms with Gasteiger partial charge in [0.1, 0.15) is 5.69 Å². The van der Waals surface area contributed by atoms with E-state index >= 15 is 0 Å². The topological polar surface area (TPSA) is 70.6 Å². The van der Waals surface area contributed by atoms with Gasteiger partial charge < -0.3 is 4.90 Å². The highest BCUT2D eigenvalue weighted by molar-refractivity contribution is 6.20. The van der Waals surface area contributed by atoms with Crippen molar-refractivity contribution in [2.75, 3.05) is 19.6 Å². The van der Waals surface area contributed by atoms with Crippen molar-refractivity contribution >= 4 is 17.7 Å². The van der Waals surface area contributed by atoms with Gasteiger partial charge in [0.15, 0.2) is 0 Å². The maximum atomic E-state index is 12.1. The first kappa shape index (κ1) is 13.7. The number of fused-ring (bicyclic) bond motifs is 1. The third-order valence-electron chi connectivity index (χ3n) is 3.99. The molecule has 0 bridgehead atoms. The van der Waals surface area contributed by atoms with E-state index in [9.17, 15) is 14.4 Å². The number of carbonyl (C=O) groups is 3. The fourth-order valence-corrected chi connectivity index (χ4v) is 2.83. The predicted molar refractivity (Wildman–Crippen MR) is 74.7 cm³/mol. The highest BCUT2D eigenvalue weighted by Crippen LogP contribution is 2.20. The van der Waals surface area contributed by atoms with Gasteiger partial charge in [0.25, 0.3) is 11.8 Å². The lowest BCUT2D eigenvalue weighted by atomic mass is 10.1. The number of aromatic nitrogens is 1. The summed E-state index contributed by atoms with van der Waals surface area (Å²) in [6.07, 6.45) is 4.90. The van der Waals surface area contributed by atoms with Gasteiger partial charge in [-0.3, -0.25) is 24.3 Å². The minimum Gasteiger partial charge on any atom is -0.343 e. The molecule has 0 aromatic carbocycles. The molecule has 0 atom stereocenters. The normalized spacial score (nSPS) is 18.1. The van der Waals surface area contributed by atoms with E-state index in [4.69, 9.17) is 0 Å². The van der Waals surface area contributed by atoms with Crippen LogP contribution in [0.5, 0.6) is 0 Å². The molecule has 1 aromatic rings. The summed E-state index contributed by atoms with van der Waals surface area (Å²) in [6.45, 7) is 1.69. The summed E-state index contributed by atoms with van der Waals surface area (Å²) in [5.41, 5.74) is 0.515. The standard InChI is InChI=1S/C15H17N3O3/c19-12(17-8-2-1-3-9-17)6-10-18-14(20)11-5-4-7-16-13(11)15(18)21/h4-5,7H,1-3,6,8-10H2. The lowest BCUT2D eigenvalue weighted by Crippen LogP contribution is -2.39. The molecule has 6 nitrogen and oxygen atoms in total. The summed E-state index contributed by atoms with van der Waals surface area (Å²) in [5.74, 6) is -0.740. The van der Waals surface area contributed by atoms with E-state index in [0.717, 1.165) is 37.3 Å². The highest BCUT2D eigenvalue weighted by Gasteiger charge is 2.36. The quantitative estimate of drug-likeness (QED) is 0.780. The van der Waals surface area contributed by atoms with Gasteiger partial charge in [-0.05, 0) is 31.4 Å². The van der Waals surface area contributed by atoms with E-state index in [0.29, 0.717) is 5.56 Å². The third kappa shape index (κ3) is 2.53. The maximum Gasteiger partial charge on any atom is 0.280 e. The molecule has 2 aliphatic heterocycles. The van der Waals surface area contributed by atoms with E-state index in [1.165, 1.54) is 6.20 Å². The first-order valence-corrected chi connectivity index (χ1v) is 7.27. The Hall–Kier alpha value is -2.24. The minimum atomic E-state index is -0.401. The average Bonchev–Trinajstić information content (AvgIpc) is 2.78. The van der Waals surface area contributed by atoms with Crippen LogP contribution in [0.3, 0.4) is 0 Å². The zero-order chi connectivity index (χ0) is 14.8. The summed E-state index contributed by atoms with van der Waals surface area (Å²) >= 11 is 0. The molecule has 1 saturated heterocycles. The van der Waals surface area contributed by atoms with Crippen LogP contribution in [0, 0.1) is 0 Å². The molecule has 1 aromatic heterocycles. The number of carbonyl (C=O) groups excluding carboxylic acids is 3. The van der Waals surface area contributed by atoms with E-state index in [2.05, 4.69) is 4.98 Å². The minimum absolute atomic E-state index is 0.0132. The monoisotopic (exact) mass is 287 g/mol. The molecule has 0 N–H and O–H groups in total. The number of pyridine rings is 1. The molecule has 2 aliphatic rings. The lowest BCUT2D eigenvalue weighted by Gasteiger charge is -2.27. The van der Waals surface area contributed by atoms with Gasteiger partial charge in [0.2, 0.25) is 5.91 Å². The Bertz CT molecular complexity index is 559. The van der Waals surface area contributed by atoms with Gasteiger partial charge in [-0.15, -0.1) is 0 Å². The van der Waals surface area contributed by atoms with Crippen LogP contribution in [-0.2, 0) is 4.79 Å². The van der Waals surface area contributed by atoms with E-state index in [1.807, 2.05) is 4.90 Å². The van der Waals surface area contributed by atoms with Gasteiger partial charge in [-0.25, -0.2) is 0 Å². The van der Waals surface area contributed by atoms with Crippen molar-refractivity contribution in [2.45, 2.75) is 25.7 Å². The van der Waals surface area contributed by atoms with Crippen molar-refractivity contribution in [3.63, 3.8) is 0 Å². The Balaban J connectivity index is 1.63. The van der Waals surface area contributed by atoms with Crippen LogP contribution >= 0.6 is 0 Å². The molecule has 110 valence electrons. The number of piperidine rings is 1. The van der Waals surface area contributed by atoms with Crippen molar-refractivity contribution in [2.24, 2.45) is 0 Å². The second-order valence-electron chi connectivity index (χ2n) is 5.35. The Labute approximate surface area is 122 Å². The third-order valence-corrected chi connectivity index (χ3v) is 3.99. The number of rotatable bonds is 3.